The molecule has 0 heterocycles. The molecule has 0 aromatic rings. The predicted octanol–water partition coefficient (Wildman–Crippen LogP) is 5.74. The van der Waals surface area contributed by atoms with E-state index in [0.717, 1.165) is 0 Å². The van der Waals surface area contributed by atoms with Crippen LogP contribution in [0.3, 0.4) is 0 Å². The summed E-state index contributed by atoms with van der Waals surface area (Å²) < 4.78 is 12.3. The quantitative estimate of drug-likeness (QED) is 0.198. The van der Waals surface area contributed by atoms with Crippen LogP contribution in [0.25, 0.3) is 0 Å². The molecule has 0 bridgehead atoms. The number of allylic oxidation sites excluding steroid dienone is 2. The topological polar surface area (TPSA) is 35.5 Å². The number of hydrogen-bond donors (Lipinski definition) is 0. The fourth-order valence-electron chi connectivity index (χ4n) is 3.58. The van der Waals surface area contributed by atoms with Crippen molar-refractivity contribution in [1.82, 2.24) is 0 Å². The van der Waals surface area contributed by atoms with Crippen LogP contribution in [-0.4, -0.2) is 34.8 Å². The monoisotopic (exact) mass is 382 g/mol. The van der Waals surface area contributed by atoms with Gasteiger partial charge in [-0.2, -0.15) is 0 Å². The fraction of sp³-hybridized carbons (Fsp3) is 0.650. The molecule has 0 aliphatic carbocycles. The van der Waals surface area contributed by atoms with E-state index in [9.17, 15) is 4.79 Å². The van der Waals surface area contributed by atoms with E-state index in [0.29, 0.717) is 34.7 Å². The Morgan fingerprint density at radius 1 is 1.04 bits per heavy atom. The van der Waals surface area contributed by atoms with Gasteiger partial charge in [-0.05, 0) is 23.5 Å². The van der Waals surface area contributed by atoms with Gasteiger partial charge in [-0.15, -0.1) is 0 Å². The van der Waals surface area contributed by atoms with Crippen LogP contribution in [-0.2, 0) is 14.0 Å². The first-order valence-corrected chi connectivity index (χ1v) is 14.3. The molecule has 0 aliphatic heterocycles. The maximum atomic E-state index is 11.8. The van der Waals surface area contributed by atoms with Gasteiger partial charge in [0.25, 0.3) is 0 Å². The number of hydrogen-bond acceptors (Lipinski definition) is 3. The smallest absolute Gasteiger partial charge is 0.332 e. The first-order chi connectivity index (χ1) is 11.4. The minimum Gasteiger partial charge on any atom is -0.466 e. The van der Waals surface area contributed by atoms with Crippen LogP contribution in [0.15, 0.2) is 36.6 Å². The van der Waals surface area contributed by atoms with E-state index in [1.165, 1.54) is 0 Å². The summed E-state index contributed by atoms with van der Waals surface area (Å²) >= 11 is 0. The molecule has 25 heavy (non-hydrogen) atoms. The van der Waals surface area contributed by atoms with E-state index in [1.807, 2.05) is 6.08 Å². The summed E-state index contributed by atoms with van der Waals surface area (Å²) in [4.78, 5) is 11.8. The molecule has 0 saturated heterocycles. The Morgan fingerprint density at radius 2 is 1.52 bits per heavy atom. The lowest BCUT2D eigenvalue weighted by Gasteiger charge is -2.43. The Kier molecular flexibility index (Phi) is 9.91. The van der Waals surface area contributed by atoms with Gasteiger partial charge < -0.3 is 9.16 Å². The molecule has 0 saturated carbocycles. The van der Waals surface area contributed by atoms with Crippen LogP contribution >= 0.6 is 0 Å². The van der Waals surface area contributed by atoms with Gasteiger partial charge >= 0.3 is 5.97 Å². The minimum absolute atomic E-state index is 0.328. The molecule has 0 radical (unpaired) electrons. The predicted molar refractivity (Wildman–Crippen MR) is 114 cm³/mol. The molecule has 0 aromatic heterocycles. The van der Waals surface area contributed by atoms with E-state index in [1.54, 1.807) is 13.0 Å². The number of carbonyl (C=O) groups excluding carboxylic acids is 1. The summed E-state index contributed by atoms with van der Waals surface area (Å²) in [6, 6.07) is 0. The van der Waals surface area contributed by atoms with Crippen molar-refractivity contribution in [3.63, 3.8) is 0 Å². The third-order valence-electron chi connectivity index (χ3n) is 4.88. The SMILES string of the molecule is C=C/C=C/[Si](C)(COC(=O)C(=C)C)CO[Si](C(C)C)(C(C)C)C(C)C. The average Bonchev–Trinajstić information content (AvgIpc) is 2.50. The molecule has 1 unspecified atom stereocenters. The van der Waals surface area contributed by atoms with Crippen molar-refractivity contribution in [3.8, 4) is 0 Å². The van der Waals surface area contributed by atoms with E-state index in [2.05, 4.69) is 66.9 Å². The summed E-state index contributed by atoms with van der Waals surface area (Å²) in [5, 5.41) is 0. The molecule has 0 N–H and O–H groups in total. The van der Waals surface area contributed by atoms with Gasteiger partial charge in [-0.25, -0.2) is 4.79 Å². The van der Waals surface area contributed by atoms with Gasteiger partial charge in [0.15, 0.2) is 8.32 Å². The molecule has 0 rings (SSSR count). The van der Waals surface area contributed by atoms with E-state index >= 15 is 0 Å². The number of rotatable bonds is 11. The summed E-state index contributed by atoms with van der Waals surface area (Å²) in [5.41, 5.74) is 4.19. The second-order valence-corrected chi connectivity index (χ2v) is 17.9. The lowest BCUT2D eigenvalue weighted by molar-refractivity contribution is -0.137. The van der Waals surface area contributed by atoms with Gasteiger partial charge in [-0.1, -0.05) is 79.1 Å². The Balaban J connectivity index is 5.42. The molecule has 144 valence electrons. The van der Waals surface area contributed by atoms with Crippen molar-refractivity contribution in [2.75, 3.05) is 12.5 Å². The largest absolute Gasteiger partial charge is 0.466 e. The van der Waals surface area contributed by atoms with E-state index < -0.39 is 16.4 Å². The molecule has 0 aliphatic rings. The number of esters is 1. The second-order valence-electron chi connectivity index (χ2n) is 8.21. The van der Waals surface area contributed by atoms with Crippen molar-refractivity contribution < 1.29 is 14.0 Å². The van der Waals surface area contributed by atoms with Crippen molar-refractivity contribution >= 4 is 22.4 Å². The Bertz CT molecular complexity index is 473. The van der Waals surface area contributed by atoms with Crippen molar-refractivity contribution in [2.45, 2.75) is 71.6 Å². The van der Waals surface area contributed by atoms with Crippen LogP contribution in [0.5, 0.6) is 0 Å². The highest BCUT2D eigenvalue weighted by atomic mass is 28.4. The average molecular weight is 383 g/mol. The normalized spacial score (nSPS) is 15.0. The fourth-order valence-corrected chi connectivity index (χ4v) is 12.2. The second kappa shape index (κ2) is 10.3. The van der Waals surface area contributed by atoms with Crippen LogP contribution in [0.2, 0.25) is 23.2 Å². The van der Waals surface area contributed by atoms with E-state index in [-0.39, 0.29) is 5.97 Å². The Hall–Kier alpha value is -0.916. The van der Waals surface area contributed by atoms with Crippen molar-refractivity contribution in [1.29, 1.82) is 0 Å². The van der Waals surface area contributed by atoms with Crippen LogP contribution < -0.4 is 0 Å². The van der Waals surface area contributed by atoms with Gasteiger partial charge in [0, 0.05) is 11.8 Å². The zero-order valence-corrected chi connectivity index (χ0v) is 19.5. The summed E-state index contributed by atoms with van der Waals surface area (Å²) in [6.07, 6.45) is 4.79. The maximum Gasteiger partial charge on any atom is 0.332 e. The summed E-state index contributed by atoms with van der Waals surface area (Å²) in [5.74, 6) is -0.328. The lowest BCUT2D eigenvalue weighted by atomic mass is 10.4. The van der Waals surface area contributed by atoms with Crippen molar-refractivity contribution in [3.05, 3.63) is 36.6 Å². The molecule has 1 atom stereocenters. The first kappa shape index (κ1) is 24.1. The standard InChI is InChI=1S/C20H38O3Si2/c1-11-12-13-24(10,14-22-20(21)16(2)3)15-23-25(17(4)5,18(6)7)19(8)9/h11-13,17-19H,1-2,14-15H2,3-10H3/b13-12+. The molecule has 0 aromatic carbocycles. The molecule has 3 nitrogen and oxygen atoms in total. The zero-order chi connectivity index (χ0) is 19.8. The maximum absolute atomic E-state index is 11.8. The van der Waals surface area contributed by atoms with Gasteiger partial charge in [-0.3, -0.25) is 0 Å². The first-order valence-electron chi connectivity index (χ1n) is 9.19. The van der Waals surface area contributed by atoms with Crippen LogP contribution in [0, 0.1) is 0 Å². The molecular formula is C20H38O3Si2. The number of carbonyl (C=O) groups is 1. The summed E-state index contributed by atoms with van der Waals surface area (Å²) in [6.45, 7) is 25.0. The van der Waals surface area contributed by atoms with E-state index in [4.69, 9.17) is 9.16 Å². The highest BCUT2D eigenvalue weighted by molar-refractivity contribution is 6.85. The third kappa shape index (κ3) is 6.72. The van der Waals surface area contributed by atoms with Gasteiger partial charge in [0.05, 0.1) is 6.23 Å². The van der Waals surface area contributed by atoms with Gasteiger partial charge in [0.1, 0.15) is 8.07 Å². The molecule has 0 spiro atoms. The molecule has 0 amide bonds. The van der Waals surface area contributed by atoms with Crippen LogP contribution in [0.4, 0.5) is 0 Å². The third-order valence-corrected chi connectivity index (χ3v) is 13.8. The summed E-state index contributed by atoms with van der Waals surface area (Å²) in [7, 11) is -3.99. The van der Waals surface area contributed by atoms with Crippen LogP contribution in [0.1, 0.15) is 48.5 Å². The molecule has 0 fully saturated rings. The Labute approximate surface area is 157 Å². The minimum atomic E-state index is -2.05. The zero-order valence-electron chi connectivity index (χ0n) is 17.5. The lowest BCUT2D eigenvalue weighted by Crippen LogP contribution is -2.53. The number of ether oxygens (including phenoxy) is 1. The van der Waals surface area contributed by atoms with Gasteiger partial charge in [0.2, 0.25) is 0 Å². The highest BCUT2D eigenvalue weighted by Crippen LogP contribution is 2.42. The van der Waals surface area contributed by atoms with Crippen molar-refractivity contribution in [2.24, 2.45) is 0 Å². The highest BCUT2D eigenvalue weighted by Gasteiger charge is 2.46. The molecular weight excluding hydrogens is 344 g/mol. The Morgan fingerprint density at radius 3 is 1.88 bits per heavy atom. The molecule has 5 heteroatoms.